The third-order valence-electron chi connectivity index (χ3n) is 3.23. The smallest absolute Gasteiger partial charge is 0.305 e. The molecule has 2 nitrogen and oxygen atoms in total. The molecule has 0 spiro atoms. The minimum Gasteiger partial charge on any atom is -0.469 e. The molecule has 3 heteroatoms. The lowest BCUT2D eigenvalue weighted by Crippen LogP contribution is -1.99. The van der Waals surface area contributed by atoms with Gasteiger partial charge in [-0.1, -0.05) is 51.9 Å². The highest BCUT2D eigenvalue weighted by Crippen LogP contribution is 2.15. The lowest BCUT2D eigenvalue weighted by molar-refractivity contribution is -0.140. The van der Waals surface area contributed by atoms with Crippen LogP contribution in [0, 0.1) is 0 Å². The topological polar surface area (TPSA) is 26.3 Å². The molecule has 0 fully saturated rings. The molecule has 1 atom stereocenters. The van der Waals surface area contributed by atoms with Gasteiger partial charge < -0.3 is 4.74 Å². The fourth-order valence-corrected chi connectivity index (χ4v) is 2.45. The van der Waals surface area contributed by atoms with Crippen molar-refractivity contribution in [1.82, 2.24) is 0 Å². The van der Waals surface area contributed by atoms with Gasteiger partial charge in [0.2, 0.25) is 0 Å². The van der Waals surface area contributed by atoms with Gasteiger partial charge in [-0.05, 0) is 19.3 Å². The molecular weight excluding hydrogens is 248 g/mol. The normalized spacial score (nSPS) is 12.4. The quantitative estimate of drug-likeness (QED) is 0.282. The molecule has 0 amide bonds. The van der Waals surface area contributed by atoms with Crippen LogP contribution >= 0.6 is 11.6 Å². The number of methoxy groups -OCH3 is 1. The highest BCUT2D eigenvalue weighted by Gasteiger charge is 2.02. The Balaban J connectivity index is 3.09. The second-order valence-electron chi connectivity index (χ2n) is 4.98. The van der Waals surface area contributed by atoms with E-state index in [0.29, 0.717) is 11.8 Å². The number of ether oxygens (including phenoxy) is 1. The molecule has 0 saturated heterocycles. The molecule has 18 heavy (non-hydrogen) atoms. The third kappa shape index (κ3) is 12.2. The predicted molar refractivity (Wildman–Crippen MR) is 78.1 cm³/mol. The fraction of sp³-hybridized carbons (Fsp3) is 0.933. The highest BCUT2D eigenvalue weighted by molar-refractivity contribution is 6.20. The number of esters is 1. The van der Waals surface area contributed by atoms with E-state index in [2.05, 4.69) is 11.7 Å². The minimum absolute atomic E-state index is 0.0842. The van der Waals surface area contributed by atoms with E-state index in [9.17, 15) is 4.79 Å². The summed E-state index contributed by atoms with van der Waals surface area (Å²) in [4.78, 5) is 10.9. The predicted octanol–water partition coefficient (Wildman–Crippen LogP) is 5.08. The number of carbonyl (C=O) groups is 1. The van der Waals surface area contributed by atoms with Crippen LogP contribution in [0.1, 0.15) is 77.6 Å². The molecular formula is C15H29ClO2. The van der Waals surface area contributed by atoms with Gasteiger partial charge in [-0.15, -0.1) is 11.6 Å². The molecule has 0 saturated carbocycles. The summed E-state index contributed by atoms with van der Waals surface area (Å²) >= 11 is 6.16. The van der Waals surface area contributed by atoms with Gasteiger partial charge in [0, 0.05) is 11.8 Å². The second-order valence-corrected chi connectivity index (χ2v) is 5.59. The first kappa shape index (κ1) is 17.8. The number of carbonyl (C=O) groups excluding carboxylic acids is 1. The van der Waals surface area contributed by atoms with E-state index in [1.165, 1.54) is 45.6 Å². The van der Waals surface area contributed by atoms with Crippen LogP contribution < -0.4 is 0 Å². The SMILES string of the molecule is CCCC(Cl)CCCCCCCCCC(=O)OC. The standard InChI is InChI=1S/C15H29ClO2/c1-3-11-14(16)12-9-7-5-4-6-8-10-13-15(17)18-2/h14H,3-13H2,1-2H3. The molecule has 0 bridgehead atoms. The summed E-state index contributed by atoms with van der Waals surface area (Å²) in [6, 6.07) is 0. The van der Waals surface area contributed by atoms with Crippen LogP contribution in [0.3, 0.4) is 0 Å². The van der Waals surface area contributed by atoms with Crippen LogP contribution in [0.25, 0.3) is 0 Å². The monoisotopic (exact) mass is 276 g/mol. The Morgan fingerprint density at radius 3 is 2.11 bits per heavy atom. The molecule has 0 aliphatic carbocycles. The highest BCUT2D eigenvalue weighted by atomic mass is 35.5. The van der Waals surface area contributed by atoms with Crippen LogP contribution in [0.2, 0.25) is 0 Å². The number of unbranched alkanes of at least 4 members (excludes halogenated alkanes) is 6. The van der Waals surface area contributed by atoms with E-state index in [1.54, 1.807) is 0 Å². The molecule has 0 aliphatic rings. The zero-order chi connectivity index (χ0) is 13.6. The molecule has 108 valence electrons. The lowest BCUT2D eigenvalue weighted by atomic mass is 10.1. The number of alkyl halides is 1. The summed E-state index contributed by atoms with van der Waals surface area (Å²) in [5.74, 6) is -0.0842. The van der Waals surface area contributed by atoms with E-state index < -0.39 is 0 Å². The largest absolute Gasteiger partial charge is 0.469 e. The number of hydrogen-bond donors (Lipinski definition) is 0. The van der Waals surface area contributed by atoms with E-state index in [4.69, 9.17) is 11.6 Å². The molecule has 0 aromatic carbocycles. The number of halogens is 1. The van der Waals surface area contributed by atoms with Crippen LogP contribution in [0.5, 0.6) is 0 Å². The van der Waals surface area contributed by atoms with Gasteiger partial charge >= 0.3 is 5.97 Å². The van der Waals surface area contributed by atoms with Crippen LogP contribution in [-0.2, 0) is 9.53 Å². The van der Waals surface area contributed by atoms with Crippen molar-refractivity contribution in [2.75, 3.05) is 7.11 Å². The van der Waals surface area contributed by atoms with Gasteiger partial charge in [-0.3, -0.25) is 4.79 Å². The maximum absolute atomic E-state index is 10.9. The van der Waals surface area contributed by atoms with Gasteiger partial charge in [-0.25, -0.2) is 0 Å². The number of hydrogen-bond acceptors (Lipinski definition) is 2. The molecule has 0 aromatic heterocycles. The maximum atomic E-state index is 10.9. The second kappa shape index (κ2) is 13.2. The molecule has 0 aliphatic heterocycles. The molecule has 0 radical (unpaired) electrons. The van der Waals surface area contributed by atoms with Crippen molar-refractivity contribution < 1.29 is 9.53 Å². The molecule has 0 rings (SSSR count). The first-order chi connectivity index (χ1) is 8.70. The van der Waals surface area contributed by atoms with E-state index in [1.807, 2.05) is 0 Å². The van der Waals surface area contributed by atoms with Gasteiger partial charge in [-0.2, -0.15) is 0 Å². The van der Waals surface area contributed by atoms with Crippen molar-refractivity contribution in [3.63, 3.8) is 0 Å². The summed E-state index contributed by atoms with van der Waals surface area (Å²) in [6.45, 7) is 2.18. The van der Waals surface area contributed by atoms with E-state index >= 15 is 0 Å². The van der Waals surface area contributed by atoms with Crippen molar-refractivity contribution in [2.24, 2.45) is 0 Å². The lowest BCUT2D eigenvalue weighted by Gasteiger charge is -2.07. The Hall–Kier alpha value is -0.240. The fourth-order valence-electron chi connectivity index (χ4n) is 2.08. The molecule has 0 heterocycles. The van der Waals surface area contributed by atoms with Crippen LogP contribution in [0.15, 0.2) is 0 Å². The minimum atomic E-state index is -0.0842. The van der Waals surface area contributed by atoms with Crippen LogP contribution in [-0.4, -0.2) is 18.5 Å². The zero-order valence-electron chi connectivity index (χ0n) is 12.0. The maximum Gasteiger partial charge on any atom is 0.305 e. The summed E-state index contributed by atoms with van der Waals surface area (Å²) in [5.41, 5.74) is 0. The Morgan fingerprint density at radius 2 is 1.56 bits per heavy atom. The third-order valence-corrected chi connectivity index (χ3v) is 3.66. The van der Waals surface area contributed by atoms with Crippen molar-refractivity contribution in [3.05, 3.63) is 0 Å². The average molecular weight is 277 g/mol. The Bertz CT molecular complexity index is 195. The molecule has 0 N–H and O–H groups in total. The average Bonchev–Trinajstić information content (AvgIpc) is 2.36. The van der Waals surface area contributed by atoms with E-state index in [-0.39, 0.29) is 5.97 Å². The van der Waals surface area contributed by atoms with Gasteiger partial charge in [0.05, 0.1) is 7.11 Å². The van der Waals surface area contributed by atoms with Gasteiger partial charge in [0.25, 0.3) is 0 Å². The first-order valence-electron chi connectivity index (χ1n) is 7.41. The Labute approximate surface area is 117 Å². The van der Waals surface area contributed by atoms with Crippen molar-refractivity contribution >= 4 is 17.6 Å². The van der Waals surface area contributed by atoms with Crippen molar-refractivity contribution in [1.29, 1.82) is 0 Å². The van der Waals surface area contributed by atoms with Crippen LogP contribution in [0.4, 0.5) is 0 Å². The van der Waals surface area contributed by atoms with Gasteiger partial charge in [0.1, 0.15) is 0 Å². The summed E-state index contributed by atoms with van der Waals surface area (Å²) in [5, 5.41) is 0.384. The van der Waals surface area contributed by atoms with Gasteiger partial charge in [0.15, 0.2) is 0 Å². The summed E-state index contributed by atoms with van der Waals surface area (Å²) < 4.78 is 4.60. The molecule has 0 aromatic rings. The number of rotatable bonds is 12. The summed E-state index contributed by atoms with van der Waals surface area (Å²) in [6.07, 6.45) is 12.5. The molecule has 1 unspecified atom stereocenters. The first-order valence-corrected chi connectivity index (χ1v) is 7.85. The Kier molecular flexibility index (Phi) is 13.0. The Morgan fingerprint density at radius 1 is 1.00 bits per heavy atom. The zero-order valence-corrected chi connectivity index (χ0v) is 12.8. The van der Waals surface area contributed by atoms with Crippen molar-refractivity contribution in [3.8, 4) is 0 Å². The van der Waals surface area contributed by atoms with Crippen molar-refractivity contribution in [2.45, 2.75) is 82.9 Å². The van der Waals surface area contributed by atoms with E-state index in [0.717, 1.165) is 25.7 Å². The summed E-state index contributed by atoms with van der Waals surface area (Å²) in [7, 11) is 1.45.